The summed E-state index contributed by atoms with van der Waals surface area (Å²) in [7, 11) is 0. The Labute approximate surface area is 138 Å². The van der Waals surface area contributed by atoms with Crippen LogP contribution in [-0.2, 0) is 13.0 Å². The Balaban J connectivity index is 1.63. The first-order valence-corrected chi connectivity index (χ1v) is 8.42. The number of rotatable bonds is 6. The molecule has 0 saturated heterocycles. The maximum Gasteiger partial charge on any atom is 0.126 e. The molecule has 0 aliphatic carbocycles. The van der Waals surface area contributed by atoms with Gasteiger partial charge in [-0.2, -0.15) is 0 Å². The van der Waals surface area contributed by atoms with Crippen LogP contribution in [0.2, 0.25) is 0 Å². The van der Waals surface area contributed by atoms with Gasteiger partial charge in [0.05, 0.1) is 0 Å². The van der Waals surface area contributed by atoms with Crippen LogP contribution in [0.15, 0.2) is 48.5 Å². The summed E-state index contributed by atoms with van der Waals surface area (Å²) >= 11 is 0. The highest BCUT2D eigenvalue weighted by Gasteiger charge is 2.22. The summed E-state index contributed by atoms with van der Waals surface area (Å²) < 4.78 is 12.0. The number of aryl methyl sites for hydroxylation is 1. The Bertz CT molecular complexity index is 627. The van der Waals surface area contributed by atoms with Gasteiger partial charge in [-0.05, 0) is 36.5 Å². The molecule has 0 bridgehead atoms. The third kappa shape index (κ3) is 4.26. The molecule has 1 heterocycles. The van der Waals surface area contributed by atoms with Crippen molar-refractivity contribution in [1.29, 1.82) is 0 Å². The number of hydrogen-bond acceptors (Lipinski definition) is 2. The van der Waals surface area contributed by atoms with E-state index >= 15 is 0 Å². The van der Waals surface area contributed by atoms with Gasteiger partial charge in [-0.1, -0.05) is 43.3 Å². The van der Waals surface area contributed by atoms with Crippen LogP contribution < -0.4 is 15.2 Å². The van der Waals surface area contributed by atoms with Gasteiger partial charge in [-0.15, -0.1) is 0 Å². The van der Waals surface area contributed by atoms with E-state index in [1.807, 2.05) is 30.3 Å². The van der Waals surface area contributed by atoms with Crippen molar-refractivity contribution in [3.63, 3.8) is 0 Å². The van der Waals surface area contributed by atoms with Crippen LogP contribution in [-0.4, -0.2) is 12.1 Å². The Morgan fingerprint density at radius 3 is 2.83 bits per heavy atom. The summed E-state index contributed by atoms with van der Waals surface area (Å²) in [6, 6.07) is 16.2. The van der Waals surface area contributed by atoms with E-state index in [2.05, 4.69) is 25.1 Å². The van der Waals surface area contributed by atoms with Crippen LogP contribution in [0.25, 0.3) is 0 Å². The van der Waals surface area contributed by atoms with E-state index in [9.17, 15) is 0 Å². The predicted octanol–water partition coefficient (Wildman–Crippen LogP) is 4.41. The minimum Gasteiger partial charge on any atom is -0.490 e. The molecule has 0 fully saturated rings. The molecular weight excluding hydrogens is 286 g/mol. The van der Waals surface area contributed by atoms with E-state index < -0.39 is 0 Å². The van der Waals surface area contributed by atoms with Crippen LogP contribution in [0.3, 0.4) is 0 Å². The third-order valence-corrected chi connectivity index (χ3v) is 4.36. The van der Waals surface area contributed by atoms with Gasteiger partial charge in [0.15, 0.2) is 0 Å². The zero-order valence-corrected chi connectivity index (χ0v) is 13.6. The SMILES string of the molecule is CCC([NH])CC1CCc2ccc(OCc3ccccc3)cc2O1. The lowest BCUT2D eigenvalue weighted by atomic mass is 9.97. The topological polar surface area (TPSA) is 42.3 Å². The first kappa shape index (κ1) is 15.9. The highest BCUT2D eigenvalue weighted by Crippen LogP contribution is 2.32. The fraction of sp³-hybridized carbons (Fsp3) is 0.400. The van der Waals surface area contributed by atoms with Gasteiger partial charge >= 0.3 is 0 Å². The molecule has 0 spiro atoms. The number of benzene rings is 2. The number of fused-ring (bicyclic) bond motifs is 1. The smallest absolute Gasteiger partial charge is 0.126 e. The zero-order chi connectivity index (χ0) is 16.1. The maximum atomic E-state index is 7.94. The second-order valence-corrected chi connectivity index (χ2v) is 6.16. The van der Waals surface area contributed by atoms with Crippen molar-refractivity contribution in [2.75, 3.05) is 0 Å². The molecule has 2 atom stereocenters. The molecule has 23 heavy (non-hydrogen) atoms. The second kappa shape index (κ2) is 7.51. The lowest BCUT2D eigenvalue weighted by molar-refractivity contribution is 0.152. The van der Waals surface area contributed by atoms with Crippen LogP contribution in [0, 0.1) is 0 Å². The van der Waals surface area contributed by atoms with Crippen molar-refractivity contribution in [2.45, 2.75) is 51.4 Å². The third-order valence-electron chi connectivity index (χ3n) is 4.36. The summed E-state index contributed by atoms with van der Waals surface area (Å²) in [6.07, 6.45) is 3.88. The van der Waals surface area contributed by atoms with E-state index in [4.69, 9.17) is 15.2 Å². The molecule has 0 aromatic heterocycles. The van der Waals surface area contributed by atoms with Crippen molar-refractivity contribution in [3.05, 3.63) is 59.7 Å². The van der Waals surface area contributed by atoms with Gasteiger partial charge in [0.25, 0.3) is 0 Å². The molecule has 1 N–H and O–H groups in total. The number of nitrogens with one attached hydrogen (secondary N) is 1. The summed E-state index contributed by atoms with van der Waals surface area (Å²) in [5, 5.41) is 0. The van der Waals surface area contributed by atoms with Crippen molar-refractivity contribution < 1.29 is 9.47 Å². The molecule has 1 radical (unpaired) electrons. The molecule has 2 unspecified atom stereocenters. The van der Waals surface area contributed by atoms with Gasteiger partial charge < -0.3 is 9.47 Å². The molecule has 3 rings (SSSR count). The van der Waals surface area contributed by atoms with E-state index in [0.717, 1.165) is 42.7 Å². The van der Waals surface area contributed by atoms with Crippen molar-refractivity contribution in [3.8, 4) is 11.5 Å². The average molecular weight is 310 g/mol. The zero-order valence-electron chi connectivity index (χ0n) is 13.6. The molecule has 1 aliphatic heterocycles. The molecule has 1 aliphatic rings. The minimum atomic E-state index is -0.0286. The quantitative estimate of drug-likeness (QED) is 0.793. The fourth-order valence-electron chi connectivity index (χ4n) is 2.89. The molecule has 0 amide bonds. The Hall–Kier alpha value is -2.00. The molecular formula is C20H24NO2. The monoisotopic (exact) mass is 310 g/mol. The molecule has 3 nitrogen and oxygen atoms in total. The first-order chi connectivity index (χ1) is 11.2. The molecule has 3 heteroatoms. The first-order valence-electron chi connectivity index (χ1n) is 8.42. The van der Waals surface area contributed by atoms with Crippen molar-refractivity contribution in [1.82, 2.24) is 5.73 Å². The van der Waals surface area contributed by atoms with Crippen LogP contribution in [0.4, 0.5) is 0 Å². The molecule has 2 aromatic carbocycles. The predicted molar refractivity (Wildman–Crippen MR) is 91.7 cm³/mol. The highest BCUT2D eigenvalue weighted by atomic mass is 16.5. The Morgan fingerprint density at radius 1 is 1.22 bits per heavy atom. The Kier molecular flexibility index (Phi) is 5.19. The van der Waals surface area contributed by atoms with E-state index in [1.54, 1.807) is 0 Å². The summed E-state index contributed by atoms with van der Waals surface area (Å²) in [5.41, 5.74) is 10.3. The van der Waals surface area contributed by atoms with Crippen LogP contribution in [0.1, 0.15) is 37.3 Å². The Morgan fingerprint density at radius 2 is 2.04 bits per heavy atom. The lowest BCUT2D eigenvalue weighted by Crippen LogP contribution is -2.27. The van der Waals surface area contributed by atoms with E-state index in [-0.39, 0.29) is 12.1 Å². The summed E-state index contributed by atoms with van der Waals surface area (Å²) in [4.78, 5) is 0. The molecule has 121 valence electrons. The van der Waals surface area contributed by atoms with E-state index in [1.165, 1.54) is 5.56 Å². The minimum absolute atomic E-state index is 0.0286. The van der Waals surface area contributed by atoms with Gasteiger partial charge in [-0.3, -0.25) is 5.73 Å². The highest BCUT2D eigenvalue weighted by molar-refractivity contribution is 5.42. The van der Waals surface area contributed by atoms with Gasteiger partial charge in [0.2, 0.25) is 0 Å². The van der Waals surface area contributed by atoms with Gasteiger partial charge in [0.1, 0.15) is 24.2 Å². The standard InChI is InChI=1S/C20H24NO2/c1-2-17(21)12-19-11-9-16-8-10-18(13-20(16)23-19)22-14-15-6-4-3-5-7-15/h3-8,10,13,17,19,21H,2,9,11-12,14H2,1H3. The molecule has 0 saturated carbocycles. The van der Waals surface area contributed by atoms with Crippen LogP contribution >= 0.6 is 0 Å². The van der Waals surface area contributed by atoms with Crippen molar-refractivity contribution in [2.24, 2.45) is 0 Å². The second-order valence-electron chi connectivity index (χ2n) is 6.16. The normalized spacial score (nSPS) is 17.9. The number of hydrogen-bond donors (Lipinski definition) is 0. The fourth-order valence-corrected chi connectivity index (χ4v) is 2.89. The van der Waals surface area contributed by atoms with E-state index in [0.29, 0.717) is 6.61 Å². The largest absolute Gasteiger partial charge is 0.490 e. The lowest BCUT2D eigenvalue weighted by Gasteiger charge is -2.28. The summed E-state index contributed by atoms with van der Waals surface area (Å²) in [5.74, 6) is 1.77. The summed E-state index contributed by atoms with van der Waals surface area (Å²) in [6.45, 7) is 2.62. The molecule has 2 aromatic rings. The number of ether oxygens (including phenoxy) is 2. The van der Waals surface area contributed by atoms with Crippen molar-refractivity contribution >= 4 is 0 Å². The van der Waals surface area contributed by atoms with Gasteiger partial charge in [-0.25, -0.2) is 0 Å². The van der Waals surface area contributed by atoms with Gasteiger partial charge in [0, 0.05) is 18.5 Å². The average Bonchev–Trinajstić information content (AvgIpc) is 2.60. The maximum absolute atomic E-state index is 7.94. The van der Waals surface area contributed by atoms with Crippen LogP contribution in [0.5, 0.6) is 11.5 Å².